The van der Waals surface area contributed by atoms with E-state index in [2.05, 4.69) is 17.0 Å². The Morgan fingerprint density at radius 2 is 2.11 bits per heavy atom. The Hall–Kier alpha value is -1.26. The molecule has 0 saturated heterocycles. The minimum absolute atomic E-state index is 0.344. The van der Waals surface area contributed by atoms with E-state index >= 15 is 0 Å². The van der Waals surface area contributed by atoms with Gasteiger partial charge in [0.15, 0.2) is 0 Å². The van der Waals surface area contributed by atoms with Crippen molar-refractivity contribution >= 4 is 29.2 Å². The highest BCUT2D eigenvalue weighted by Gasteiger charge is 2.29. The summed E-state index contributed by atoms with van der Waals surface area (Å²) in [5.74, 6) is 2.12. The second-order valence-corrected chi connectivity index (χ2v) is 5.84. The molecule has 4 nitrogen and oxygen atoms in total. The number of aromatic nitrogens is 3. The Balaban J connectivity index is 1.95. The zero-order valence-corrected chi connectivity index (χ0v) is 12.0. The minimum atomic E-state index is 0.344. The number of halogens is 2. The summed E-state index contributed by atoms with van der Waals surface area (Å²) in [6.07, 6.45) is 0.870. The van der Waals surface area contributed by atoms with Crippen LogP contribution in [0.4, 0.5) is 5.95 Å². The number of rotatable bonds is 1. The van der Waals surface area contributed by atoms with Crippen molar-refractivity contribution in [3.63, 3.8) is 0 Å². The molecule has 2 aromatic rings. The molecule has 0 saturated carbocycles. The number of hydrogen-bond donors (Lipinski definition) is 1. The van der Waals surface area contributed by atoms with Gasteiger partial charge in [0.1, 0.15) is 5.82 Å². The lowest BCUT2D eigenvalue weighted by molar-refractivity contribution is 0.330. The average molecular weight is 297 g/mol. The van der Waals surface area contributed by atoms with Crippen LogP contribution in [0.2, 0.25) is 10.0 Å². The lowest BCUT2D eigenvalue weighted by Crippen LogP contribution is -2.27. The monoisotopic (exact) mass is 296 g/mol. The summed E-state index contributed by atoms with van der Waals surface area (Å²) < 4.78 is 1.89. The molecule has 100 valence electrons. The first-order chi connectivity index (χ1) is 9.04. The summed E-state index contributed by atoms with van der Waals surface area (Å²) in [4.78, 5) is 4.24. The minimum Gasteiger partial charge on any atom is -0.366 e. The molecule has 2 unspecified atom stereocenters. The van der Waals surface area contributed by atoms with Gasteiger partial charge in [0.05, 0.1) is 16.6 Å². The van der Waals surface area contributed by atoms with Crippen LogP contribution in [0.25, 0.3) is 0 Å². The Bertz CT molecular complexity index is 623. The third-order valence-electron chi connectivity index (χ3n) is 3.70. The molecule has 0 aliphatic carbocycles. The highest BCUT2D eigenvalue weighted by atomic mass is 35.5. The van der Waals surface area contributed by atoms with Crippen molar-refractivity contribution < 1.29 is 0 Å². The normalized spacial score (nSPS) is 22.3. The molecule has 0 fully saturated rings. The zero-order chi connectivity index (χ0) is 13.6. The second-order valence-electron chi connectivity index (χ2n) is 5.03. The average Bonchev–Trinajstić information content (AvgIpc) is 2.71. The summed E-state index contributed by atoms with van der Waals surface area (Å²) in [5.41, 5.74) is 6.83. The summed E-state index contributed by atoms with van der Waals surface area (Å²) in [6, 6.07) is 5.81. The molecule has 1 aromatic carbocycles. The fourth-order valence-electron chi connectivity index (χ4n) is 2.66. The van der Waals surface area contributed by atoms with Crippen LogP contribution in [0, 0.1) is 5.92 Å². The van der Waals surface area contributed by atoms with Gasteiger partial charge in [-0.3, -0.25) is 0 Å². The van der Waals surface area contributed by atoms with Gasteiger partial charge in [-0.1, -0.05) is 36.2 Å². The van der Waals surface area contributed by atoms with Crippen LogP contribution in [0.3, 0.4) is 0 Å². The van der Waals surface area contributed by atoms with Crippen LogP contribution in [0.1, 0.15) is 24.2 Å². The molecule has 19 heavy (non-hydrogen) atoms. The predicted octanol–water partition coefficient (Wildman–Crippen LogP) is 3.14. The van der Waals surface area contributed by atoms with Gasteiger partial charge >= 0.3 is 0 Å². The van der Waals surface area contributed by atoms with Gasteiger partial charge in [-0.15, -0.1) is 5.10 Å². The van der Waals surface area contributed by atoms with E-state index in [9.17, 15) is 0 Å². The maximum absolute atomic E-state index is 6.10. The zero-order valence-electron chi connectivity index (χ0n) is 10.5. The number of nitrogen functional groups attached to an aromatic ring is 1. The van der Waals surface area contributed by atoms with E-state index in [1.807, 2.05) is 22.9 Å². The van der Waals surface area contributed by atoms with Crippen LogP contribution in [0.15, 0.2) is 18.2 Å². The molecular weight excluding hydrogens is 283 g/mol. The molecule has 1 aliphatic rings. The Morgan fingerprint density at radius 1 is 1.32 bits per heavy atom. The van der Waals surface area contributed by atoms with Crippen molar-refractivity contribution in [1.29, 1.82) is 0 Å². The second kappa shape index (κ2) is 4.69. The fraction of sp³-hybridized carbons (Fsp3) is 0.385. The first kappa shape index (κ1) is 12.8. The van der Waals surface area contributed by atoms with Gasteiger partial charge < -0.3 is 5.73 Å². The number of hydrogen-bond acceptors (Lipinski definition) is 3. The molecule has 1 aliphatic heterocycles. The molecule has 0 spiro atoms. The van der Waals surface area contributed by atoms with Crippen molar-refractivity contribution in [2.45, 2.75) is 25.8 Å². The molecule has 2 heterocycles. The highest BCUT2D eigenvalue weighted by Crippen LogP contribution is 2.35. The third kappa shape index (κ3) is 2.30. The van der Waals surface area contributed by atoms with E-state index in [1.54, 1.807) is 0 Å². The number of nitrogens with two attached hydrogens (primary N) is 1. The number of anilines is 1. The smallest absolute Gasteiger partial charge is 0.239 e. The van der Waals surface area contributed by atoms with Crippen LogP contribution in [-0.4, -0.2) is 14.8 Å². The molecule has 6 heteroatoms. The van der Waals surface area contributed by atoms with Gasteiger partial charge in [-0.25, -0.2) is 4.68 Å². The molecule has 0 bridgehead atoms. The summed E-state index contributed by atoms with van der Waals surface area (Å²) in [7, 11) is 0. The molecule has 2 N–H and O–H groups in total. The van der Waals surface area contributed by atoms with Gasteiger partial charge in [0.2, 0.25) is 5.95 Å². The van der Waals surface area contributed by atoms with Crippen molar-refractivity contribution in [1.82, 2.24) is 14.8 Å². The van der Waals surface area contributed by atoms with Crippen molar-refractivity contribution in [2.75, 3.05) is 5.73 Å². The van der Waals surface area contributed by atoms with Crippen LogP contribution < -0.4 is 5.73 Å². The summed E-state index contributed by atoms with van der Waals surface area (Å²) in [6.45, 7) is 2.99. The maximum atomic E-state index is 6.10. The predicted molar refractivity (Wildman–Crippen MR) is 76.5 cm³/mol. The van der Waals surface area contributed by atoms with Gasteiger partial charge in [0, 0.05) is 12.3 Å². The standard InChI is InChI=1S/C13H14Cl2N4/c1-7-4-12-17-13(16)18-19(12)6-9(7)8-2-3-10(14)11(15)5-8/h2-3,5,7,9H,4,6H2,1H3,(H2,16,18). The molecule has 1 aromatic heterocycles. The Labute approximate surface area is 121 Å². The molecule has 0 amide bonds. The van der Waals surface area contributed by atoms with Crippen molar-refractivity contribution in [3.8, 4) is 0 Å². The SMILES string of the molecule is CC1Cc2nc(N)nn2CC1c1ccc(Cl)c(Cl)c1. The van der Waals surface area contributed by atoms with Gasteiger partial charge in [0.25, 0.3) is 0 Å². The van der Waals surface area contributed by atoms with Crippen molar-refractivity contribution in [2.24, 2.45) is 5.92 Å². The van der Waals surface area contributed by atoms with E-state index in [-0.39, 0.29) is 0 Å². The molecule has 2 atom stereocenters. The molecular formula is C13H14Cl2N4. The van der Waals surface area contributed by atoms with Gasteiger partial charge in [-0.2, -0.15) is 4.98 Å². The Kier molecular flexibility index (Phi) is 3.15. The Morgan fingerprint density at radius 3 is 2.84 bits per heavy atom. The topological polar surface area (TPSA) is 56.7 Å². The largest absolute Gasteiger partial charge is 0.366 e. The summed E-state index contributed by atoms with van der Waals surface area (Å²) >= 11 is 12.1. The van der Waals surface area contributed by atoms with Gasteiger partial charge in [-0.05, 0) is 23.6 Å². The van der Waals surface area contributed by atoms with E-state index in [0.717, 1.165) is 18.8 Å². The lowest BCUT2D eigenvalue weighted by Gasteiger charge is -2.29. The number of fused-ring (bicyclic) bond motifs is 1. The summed E-state index contributed by atoms with van der Waals surface area (Å²) in [5, 5.41) is 5.40. The highest BCUT2D eigenvalue weighted by molar-refractivity contribution is 6.42. The fourth-order valence-corrected chi connectivity index (χ4v) is 2.97. The number of nitrogens with zero attached hydrogens (tertiary/aromatic N) is 3. The molecule has 0 radical (unpaired) electrons. The van der Waals surface area contributed by atoms with E-state index in [0.29, 0.717) is 27.8 Å². The lowest BCUT2D eigenvalue weighted by atomic mass is 9.83. The van der Waals surface area contributed by atoms with E-state index in [1.165, 1.54) is 5.56 Å². The van der Waals surface area contributed by atoms with E-state index in [4.69, 9.17) is 28.9 Å². The quantitative estimate of drug-likeness (QED) is 0.879. The van der Waals surface area contributed by atoms with Crippen LogP contribution in [-0.2, 0) is 13.0 Å². The van der Waals surface area contributed by atoms with Crippen molar-refractivity contribution in [3.05, 3.63) is 39.6 Å². The molecule has 3 rings (SSSR count). The van der Waals surface area contributed by atoms with E-state index < -0.39 is 0 Å². The van der Waals surface area contributed by atoms with Crippen LogP contribution >= 0.6 is 23.2 Å². The first-order valence-corrected chi connectivity index (χ1v) is 6.94. The third-order valence-corrected chi connectivity index (χ3v) is 4.44. The maximum Gasteiger partial charge on any atom is 0.239 e. The number of benzene rings is 1. The van der Waals surface area contributed by atoms with Crippen LogP contribution in [0.5, 0.6) is 0 Å². The first-order valence-electron chi connectivity index (χ1n) is 6.18.